The molecule has 0 bridgehead atoms. The first-order valence-electron chi connectivity index (χ1n) is 6.83. The zero-order chi connectivity index (χ0) is 13.2. The quantitative estimate of drug-likeness (QED) is 0.755. The highest BCUT2D eigenvalue weighted by Crippen LogP contribution is 2.19. The van der Waals surface area contributed by atoms with Crippen LogP contribution in [-0.2, 0) is 4.79 Å². The molecule has 1 N–H and O–H groups in total. The maximum Gasteiger partial charge on any atom is 0.247 e. The maximum atomic E-state index is 12.3. The van der Waals surface area contributed by atoms with Crippen molar-refractivity contribution in [1.82, 2.24) is 29.9 Å². The van der Waals surface area contributed by atoms with E-state index in [4.69, 9.17) is 0 Å². The minimum absolute atomic E-state index is 0.136. The molecule has 19 heavy (non-hydrogen) atoms. The van der Waals surface area contributed by atoms with Crippen LogP contribution in [-0.4, -0.2) is 75.8 Å². The lowest BCUT2D eigenvalue weighted by Gasteiger charge is -2.47. The van der Waals surface area contributed by atoms with Crippen molar-refractivity contribution in [3.05, 3.63) is 12.7 Å². The van der Waals surface area contributed by atoms with Crippen molar-refractivity contribution < 1.29 is 4.79 Å². The van der Waals surface area contributed by atoms with Gasteiger partial charge in [-0.2, -0.15) is 5.10 Å². The molecule has 1 atom stereocenters. The molecule has 0 spiro atoms. The summed E-state index contributed by atoms with van der Waals surface area (Å²) in [4.78, 5) is 20.5. The van der Waals surface area contributed by atoms with Gasteiger partial charge in [-0.25, -0.2) is 9.67 Å². The van der Waals surface area contributed by atoms with Crippen LogP contribution in [0.15, 0.2) is 12.7 Å². The summed E-state index contributed by atoms with van der Waals surface area (Å²) in [5.41, 5.74) is 0. The average molecular weight is 264 g/mol. The standard InChI is InChI=1S/C12H20N6O/c1-10(18-9-14-8-15-18)12(19)17-6-11(7-17)16-4-2-13-3-5-16/h8-11,13H,2-7H2,1H3. The fraction of sp³-hybridized carbons (Fsp3) is 0.750. The van der Waals surface area contributed by atoms with Gasteiger partial charge in [-0.15, -0.1) is 0 Å². The molecule has 3 heterocycles. The van der Waals surface area contributed by atoms with E-state index in [0.29, 0.717) is 6.04 Å². The van der Waals surface area contributed by atoms with Gasteiger partial charge in [0.05, 0.1) is 0 Å². The zero-order valence-corrected chi connectivity index (χ0v) is 11.2. The molecule has 0 aromatic carbocycles. The smallest absolute Gasteiger partial charge is 0.247 e. The Hall–Kier alpha value is -1.47. The monoisotopic (exact) mass is 264 g/mol. The Morgan fingerprint density at radius 3 is 2.74 bits per heavy atom. The molecule has 2 fully saturated rings. The number of hydrogen-bond acceptors (Lipinski definition) is 5. The summed E-state index contributed by atoms with van der Waals surface area (Å²) in [6, 6.07) is 0.278. The first-order chi connectivity index (χ1) is 9.25. The molecular formula is C12H20N6O. The van der Waals surface area contributed by atoms with Crippen molar-refractivity contribution in [2.24, 2.45) is 0 Å². The Bertz CT molecular complexity index is 421. The molecule has 7 nitrogen and oxygen atoms in total. The molecule has 0 aliphatic carbocycles. The number of carbonyl (C=O) groups is 1. The Morgan fingerprint density at radius 2 is 2.11 bits per heavy atom. The highest BCUT2D eigenvalue weighted by molar-refractivity contribution is 5.80. The van der Waals surface area contributed by atoms with Gasteiger partial charge >= 0.3 is 0 Å². The largest absolute Gasteiger partial charge is 0.338 e. The molecule has 1 amide bonds. The third kappa shape index (κ3) is 2.48. The number of nitrogens with zero attached hydrogens (tertiary/aromatic N) is 5. The van der Waals surface area contributed by atoms with E-state index in [2.05, 4.69) is 20.3 Å². The molecule has 1 aromatic rings. The van der Waals surface area contributed by atoms with E-state index in [1.807, 2.05) is 11.8 Å². The van der Waals surface area contributed by atoms with Gasteiger partial charge in [-0.1, -0.05) is 0 Å². The molecule has 104 valence electrons. The SMILES string of the molecule is CC(C(=O)N1CC(N2CCNCC2)C1)n1cncn1. The van der Waals surface area contributed by atoms with Gasteiger partial charge in [-0.05, 0) is 6.92 Å². The lowest BCUT2D eigenvalue weighted by molar-refractivity contribution is -0.142. The van der Waals surface area contributed by atoms with E-state index < -0.39 is 0 Å². The van der Waals surface area contributed by atoms with Crippen LogP contribution in [0.5, 0.6) is 0 Å². The summed E-state index contributed by atoms with van der Waals surface area (Å²) < 4.78 is 1.61. The number of hydrogen-bond donors (Lipinski definition) is 1. The van der Waals surface area contributed by atoms with Crippen LogP contribution in [0.2, 0.25) is 0 Å². The number of likely N-dealkylation sites (tertiary alicyclic amines) is 1. The van der Waals surface area contributed by atoms with Gasteiger partial charge in [0.25, 0.3) is 0 Å². The first kappa shape index (κ1) is 12.6. The number of carbonyl (C=O) groups excluding carboxylic acids is 1. The van der Waals surface area contributed by atoms with Crippen molar-refractivity contribution in [3.63, 3.8) is 0 Å². The summed E-state index contributed by atoms with van der Waals surface area (Å²) >= 11 is 0. The van der Waals surface area contributed by atoms with Crippen molar-refractivity contribution in [3.8, 4) is 0 Å². The van der Waals surface area contributed by atoms with E-state index in [1.165, 1.54) is 6.33 Å². The average Bonchev–Trinajstić information content (AvgIpc) is 2.91. The van der Waals surface area contributed by atoms with Crippen molar-refractivity contribution in [2.75, 3.05) is 39.3 Å². The minimum atomic E-state index is -0.258. The van der Waals surface area contributed by atoms with Crippen LogP contribution in [0.25, 0.3) is 0 Å². The Balaban J connectivity index is 1.51. The molecule has 2 saturated heterocycles. The molecule has 1 unspecified atom stereocenters. The molecule has 7 heteroatoms. The Kier molecular flexibility index (Phi) is 3.48. The number of piperazine rings is 1. The van der Waals surface area contributed by atoms with E-state index in [9.17, 15) is 4.79 Å². The highest BCUT2D eigenvalue weighted by atomic mass is 16.2. The second kappa shape index (κ2) is 5.26. The third-order valence-corrected chi connectivity index (χ3v) is 4.03. The van der Waals surface area contributed by atoms with Crippen LogP contribution in [0.1, 0.15) is 13.0 Å². The number of rotatable bonds is 3. The molecular weight excluding hydrogens is 244 g/mol. The fourth-order valence-corrected chi connectivity index (χ4v) is 2.71. The van der Waals surface area contributed by atoms with E-state index in [0.717, 1.165) is 39.3 Å². The number of amides is 1. The van der Waals surface area contributed by atoms with Crippen LogP contribution in [0, 0.1) is 0 Å². The fourth-order valence-electron chi connectivity index (χ4n) is 2.71. The van der Waals surface area contributed by atoms with Crippen LogP contribution < -0.4 is 5.32 Å². The molecule has 2 aliphatic rings. The molecule has 3 rings (SSSR count). The summed E-state index contributed by atoms with van der Waals surface area (Å²) in [6.45, 7) is 7.85. The molecule has 1 aromatic heterocycles. The number of aromatic nitrogens is 3. The highest BCUT2D eigenvalue weighted by Gasteiger charge is 2.37. The second-order valence-corrected chi connectivity index (χ2v) is 5.23. The van der Waals surface area contributed by atoms with Crippen LogP contribution in [0.4, 0.5) is 0 Å². The molecule has 2 aliphatic heterocycles. The lowest BCUT2D eigenvalue weighted by Crippen LogP contribution is -2.64. The Morgan fingerprint density at radius 1 is 1.37 bits per heavy atom. The van der Waals surface area contributed by atoms with E-state index in [1.54, 1.807) is 11.0 Å². The van der Waals surface area contributed by atoms with E-state index >= 15 is 0 Å². The third-order valence-electron chi connectivity index (χ3n) is 4.03. The topological polar surface area (TPSA) is 66.3 Å². The second-order valence-electron chi connectivity index (χ2n) is 5.23. The van der Waals surface area contributed by atoms with Crippen molar-refractivity contribution >= 4 is 5.91 Å². The minimum Gasteiger partial charge on any atom is -0.338 e. The summed E-state index contributed by atoms with van der Waals surface area (Å²) in [5, 5.41) is 7.37. The van der Waals surface area contributed by atoms with Crippen LogP contribution >= 0.6 is 0 Å². The summed E-state index contributed by atoms with van der Waals surface area (Å²) in [7, 11) is 0. The van der Waals surface area contributed by atoms with Gasteiger partial charge in [0.2, 0.25) is 5.91 Å². The van der Waals surface area contributed by atoms with Crippen molar-refractivity contribution in [2.45, 2.75) is 19.0 Å². The maximum absolute atomic E-state index is 12.3. The predicted octanol–water partition coefficient (Wildman–Crippen LogP) is -1.04. The van der Waals surface area contributed by atoms with E-state index in [-0.39, 0.29) is 11.9 Å². The predicted molar refractivity (Wildman–Crippen MR) is 69.5 cm³/mol. The zero-order valence-electron chi connectivity index (χ0n) is 11.2. The normalized spacial score (nSPS) is 23.1. The van der Waals surface area contributed by atoms with Crippen molar-refractivity contribution in [1.29, 1.82) is 0 Å². The van der Waals surface area contributed by atoms with Gasteiger partial charge in [0.1, 0.15) is 18.7 Å². The van der Waals surface area contributed by atoms with Gasteiger partial charge in [0, 0.05) is 45.3 Å². The Labute approximate surface area is 112 Å². The number of nitrogens with one attached hydrogen (secondary N) is 1. The van der Waals surface area contributed by atoms with Gasteiger partial charge < -0.3 is 10.2 Å². The molecule has 0 radical (unpaired) electrons. The molecule has 0 saturated carbocycles. The first-order valence-corrected chi connectivity index (χ1v) is 6.83. The van der Waals surface area contributed by atoms with Crippen LogP contribution in [0.3, 0.4) is 0 Å². The summed E-state index contributed by atoms with van der Waals surface area (Å²) in [6.07, 6.45) is 3.06. The van der Waals surface area contributed by atoms with Gasteiger partial charge in [-0.3, -0.25) is 9.69 Å². The summed E-state index contributed by atoms with van der Waals surface area (Å²) in [5.74, 6) is 0.136. The van der Waals surface area contributed by atoms with Gasteiger partial charge in [0.15, 0.2) is 0 Å². The lowest BCUT2D eigenvalue weighted by atomic mass is 10.0.